The number of nitrogens with one attached hydrogen (secondary N) is 2. The summed E-state index contributed by atoms with van der Waals surface area (Å²) in [7, 11) is 1.56. The van der Waals surface area contributed by atoms with Gasteiger partial charge in [0.2, 0.25) is 5.91 Å². The topological polar surface area (TPSA) is 79.8 Å². The smallest absolute Gasteiger partial charge is 0.228 e. The fourth-order valence-corrected chi connectivity index (χ4v) is 2.83. The highest BCUT2D eigenvalue weighted by molar-refractivity contribution is 5.85. The SMILES string of the molecule is COCC1(C(=O)NCC(O)COc2ccc(F)c(F)c2)CCNCC1.Cl. The lowest BCUT2D eigenvalue weighted by molar-refractivity contribution is -0.136. The molecule has 1 aliphatic heterocycles. The van der Waals surface area contributed by atoms with Crippen molar-refractivity contribution in [1.29, 1.82) is 0 Å². The Balaban J connectivity index is 0.00000338. The van der Waals surface area contributed by atoms with Crippen LogP contribution >= 0.6 is 12.4 Å². The summed E-state index contributed by atoms with van der Waals surface area (Å²) in [6.07, 6.45) is 0.348. The highest BCUT2D eigenvalue weighted by Crippen LogP contribution is 2.29. The number of hydrogen-bond acceptors (Lipinski definition) is 5. The molecule has 1 aromatic rings. The zero-order valence-corrected chi connectivity index (χ0v) is 15.4. The fraction of sp³-hybridized carbons (Fsp3) is 0.588. The number of carbonyl (C=O) groups excluding carboxylic acids is 1. The predicted molar refractivity (Wildman–Crippen MR) is 94.5 cm³/mol. The van der Waals surface area contributed by atoms with Gasteiger partial charge in [0.1, 0.15) is 18.5 Å². The molecule has 3 N–H and O–H groups in total. The summed E-state index contributed by atoms with van der Waals surface area (Å²) < 4.78 is 36.3. The van der Waals surface area contributed by atoms with Crippen LogP contribution < -0.4 is 15.4 Å². The Hall–Kier alpha value is -1.48. The van der Waals surface area contributed by atoms with E-state index in [0.717, 1.165) is 25.2 Å². The Morgan fingerprint density at radius 2 is 2.04 bits per heavy atom. The number of piperidine rings is 1. The molecule has 9 heteroatoms. The van der Waals surface area contributed by atoms with E-state index < -0.39 is 23.2 Å². The molecule has 6 nitrogen and oxygen atoms in total. The second-order valence-electron chi connectivity index (χ2n) is 6.21. The molecule has 0 aliphatic carbocycles. The van der Waals surface area contributed by atoms with Gasteiger partial charge in [-0.3, -0.25) is 4.79 Å². The van der Waals surface area contributed by atoms with Crippen molar-refractivity contribution in [2.75, 3.05) is 40.0 Å². The lowest BCUT2D eigenvalue weighted by Gasteiger charge is -2.35. The van der Waals surface area contributed by atoms with Crippen molar-refractivity contribution in [3.05, 3.63) is 29.8 Å². The first-order chi connectivity index (χ1) is 12.0. The number of aliphatic hydroxyl groups is 1. The summed E-state index contributed by atoms with van der Waals surface area (Å²) in [5.74, 6) is -2.04. The van der Waals surface area contributed by atoms with Crippen molar-refractivity contribution < 1.29 is 28.2 Å². The molecule has 0 aromatic heterocycles. The molecule has 1 aliphatic rings. The van der Waals surface area contributed by atoms with Crippen LogP contribution in [0.3, 0.4) is 0 Å². The van der Waals surface area contributed by atoms with Crippen molar-refractivity contribution in [2.45, 2.75) is 18.9 Å². The molecular weight excluding hydrogens is 370 g/mol. The van der Waals surface area contributed by atoms with Gasteiger partial charge >= 0.3 is 0 Å². The molecular formula is C17H25ClF2N2O4. The van der Waals surface area contributed by atoms with Crippen molar-refractivity contribution in [2.24, 2.45) is 5.41 Å². The second-order valence-corrected chi connectivity index (χ2v) is 6.21. The first kappa shape index (κ1) is 22.6. The summed E-state index contributed by atoms with van der Waals surface area (Å²) in [5, 5.41) is 15.9. The van der Waals surface area contributed by atoms with Crippen molar-refractivity contribution in [3.8, 4) is 5.75 Å². The average molecular weight is 395 g/mol. The third kappa shape index (κ3) is 6.05. The number of methoxy groups -OCH3 is 1. The molecule has 26 heavy (non-hydrogen) atoms. The van der Waals surface area contributed by atoms with E-state index in [4.69, 9.17) is 9.47 Å². The minimum absolute atomic E-state index is 0. The maximum Gasteiger partial charge on any atom is 0.228 e. The van der Waals surface area contributed by atoms with E-state index in [0.29, 0.717) is 19.4 Å². The summed E-state index contributed by atoms with van der Waals surface area (Å²) in [6.45, 7) is 1.64. The molecule has 1 fully saturated rings. The van der Waals surface area contributed by atoms with Crippen molar-refractivity contribution in [3.63, 3.8) is 0 Å². The molecule has 0 radical (unpaired) electrons. The van der Waals surface area contributed by atoms with Gasteiger partial charge in [-0.1, -0.05) is 0 Å². The molecule has 1 heterocycles. The quantitative estimate of drug-likeness (QED) is 0.618. The minimum Gasteiger partial charge on any atom is -0.491 e. The van der Waals surface area contributed by atoms with Crippen LogP contribution in [0.5, 0.6) is 5.75 Å². The van der Waals surface area contributed by atoms with Crippen LogP contribution in [0, 0.1) is 17.0 Å². The maximum atomic E-state index is 13.1. The van der Waals surface area contributed by atoms with Crippen LogP contribution in [-0.4, -0.2) is 57.1 Å². The Morgan fingerprint density at radius 3 is 2.65 bits per heavy atom. The van der Waals surface area contributed by atoms with Gasteiger partial charge in [-0.2, -0.15) is 0 Å². The third-order valence-electron chi connectivity index (χ3n) is 4.29. The van der Waals surface area contributed by atoms with Crippen LogP contribution in [0.15, 0.2) is 18.2 Å². The van der Waals surface area contributed by atoms with E-state index in [9.17, 15) is 18.7 Å². The van der Waals surface area contributed by atoms with Gasteiger partial charge in [0.15, 0.2) is 11.6 Å². The maximum absolute atomic E-state index is 13.1. The lowest BCUT2D eigenvalue weighted by atomic mass is 9.78. The van der Waals surface area contributed by atoms with E-state index >= 15 is 0 Å². The summed E-state index contributed by atoms with van der Waals surface area (Å²) >= 11 is 0. The highest BCUT2D eigenvalue weighted by Gasteiger charge is 2.39. The van der Waals surface area contributed by atoms with E-state index in [2.05, 4.69) is 10.6 Å². The number of benzene rings is 1. The number of aliphatic hydroxyl groups excluding tert-OH is 1. The monoisotopic (exact) mass is 394 g/mol. The largest absolute Gasteiger partial charge is 0.491 e. The van der Waals surface area contributed by atoms with Crippen molar-refractivity contribution >= 4 is 18.3 Å². The van der Waals surface area contributed by atoms with Gasteiger partial charge in [-0.15, -0.1) is 12.4 Å². The first-order valence-electron chi connectivity index (χ1n) is 8.21. The fourth-order valence-electron chi connectivity index (χ4n) is 2.83. The molecule has 1 atom stereocenters. The molecule has 148 valence electrons. The van der Waals surface area contributed by atoms with Gasteiger partial charge in [-0.25, -0.2) is 8.78 Å². The molecule has 1 saturated heterocycles. The number of halogens is 3. The zero-order valence-electron chi connectivity index (χ0n) is 14.6. The van der Waals surface area contributed by atoms with E-state index in [1.54, 1.807) is 7.11 Å². The highest BCUT2D eigenvalue weighted by atomic mass is 35.5. The summed E-state index contributed by atoms with van der Waals surface area (Å²) in [4.78, 5) is 12.5. The third-order valence-corrected chi connectivity index (χ3v) is 4.29. The van der Waals surface area contributed by atoms with Gasteiger partial charge in [0.05, 0.1) is 12.0 Å². The number of ether oxygens (including phenoxy) is 2. The van der Waals surface area contributed by atoms with E-state index in [1.807, 2.05) is 0 Å². The van der Waals surface area contributed by atoms with Gasteiger partial charge in [0.25, 0.3) is 0 Å². The predicted octanol–water partition coefficient (Wildman–Crippen LogP) is 1.26. The van der Waals surface area contributed by atoms with Crippen LogP contribution in [0.4, 0.5) is 8.78 Å². The molecule has 1 aromatic carbocycles. The van der Waals surface area contributed by atoms with E-state index in [1.165, 1.54) is 6.07 Å². The Morgan fingerprint density at radius 1 is 1.35 bits per heavy atom. The number of hydrogen-bond donors (Lipinski definition) is 3. The Bertz CT molecular complexity index is 580. The first-order valence-corrected chi connectivity index (χ1v) is 8.21. The van der Waals surface area contributed by atoms with Crippen LogP contribution in [0.1, 0.15) is 12.8 Å². The zero-order chi connectivity index (χ0) is 18.3. The number of rotatable bonds is 8. The second kappa shape index (κ2) is 10.6. The standard InChI is InChI=1S/C17H24F2N2O4.ClH/c1-24-11-17(4-6-20-7-5-17)16(23)21-9-12(22)10-25-13-2-3-14(18)15(19)8-13;/h2-3,8,12,20,22H,4-7,9-11H2,1H3,(H,21,23);1H. The van der Waals surface area contributed by atoms with Gasteiger partial charge in [-0.05, 0) is 38.1 Å². The van der Waals surface area contributed by atoms with Gasteiger partial charge in [0, 0.05) is 19.7 Å². The summed E-state index contributed by atoms with van der Waals surface area (Å²) in [5.41, 5.74) is -0.597. The summed E-state index contributed by atoms with van der Waals surface area (Å²) in [6, 6.07) is 3.13. The van der Waals surface area contributed by atoms with Crippen LogP contribution in [0.2, 0.25) is 0 Å². The molecule has 2 rings (SSSR count). The lowest BCUT2D eigenvalue weighted by Crippen LogP contribution is -2.51. The molecule has 0 bridgehead atoms. The minimum atomic E-state index is -1.02. The number of carbonyl (C=O) groups is 1. The average Bonchev–Trinajstić information content (AvgIpc) is 2.61. The van der Waals surface area contributed by atoms with Crippen molar-refractivity contribution in [1.82, 2.24) is 10.6 Å². The molecule has 0 saturated carbocycles. The van der Waals surface area contributed by atoms with Gasteiger partial charge < -0.3 is 25.2 Å². The Labute approximate surface area is 157 Å². The Kier molecular flexibility index (Phi) is 9.21. The normalized spacial score (nSPS) is 17.1. The molecule has 0 spiro atoms. The number of amides is 1. The van der Waals surface area contributed by atoms with E-state index in [-0.39, 0.29) is 37.2 Å². The molecule has 1 unspecified atom stereocenters. The molecule has 1 amide bonds. The van der Waals surface area contributed by atoms with Crippen LogP contribution in [0.25, 0.3) is 0 Å². The van der Waals surface area contributed by atoms with Crippen LogP contribution in [-0.2, 0) is 9.53 Å².